The van der Waals surface area contributed by atoms with E-state index in [1.807, 2.05) is 0 Å². The number of hydrogen-bond acceptors (Lipinski definition) is 1. The van der Waals surface area contributed by atoms with Gasteiger partial charge in [-0.25, -0.2) is 0 Å². The third-order valence-electron chi connectivity index (χ3n) is 5.90. The maximum absolute atomic E-state index is 2.97. The van der Waals surface area contributed by atoms with Crippen molar-refractivity contribution in [2.45, 2.75) is 109 Å². The second-order valence-electron chi connectivity index (χ2n) is 7.62. The molecule has 0 radical (unpaired) electrons. The molecule has 0 heterocycles. The Hall–Kier alpha value is -0.0800. The fourth-order valence-corrected chi connectivity index (χ4v) is 4.67. The zero-order chi connectivity index (χ0) is 13.8. The first-order valence-electron chi connectivity index (χ1n) is 8.88. The van der Waals surface area contributed by atoms with Crippen LogP contribution >= 0.6 is 0 Å². The maximum Gasteiger partial charge on any atom is 0.0186 e. The van der Waals surface area contributed by atoms with Crippen molar-refractivity contribution in [3.05, 3.63) is 0 Å². The van der Waals surface area contributed by atoms with Gasteiger partial charge >= 0.3 is 0 Å². The van der Waals surface area contributed by atoms with Crippen LogP contribution in [0.15, 0.2) is 0 Å². The van der Waals surface area contributed by atoms with E-state index < -0.39 is 0 Å². The molecule has 2 saturated carbocycles. The highest BCUT2D eigenvalue weighted by molar-refractivity contribution is 4.99. The molecule has 20 heavy (non-hydrogen) atoms. The first kappa shape index (κ1) is 18.0. The lowest BCUT2D eigenvalue weighted by atomic mass is 9.74. The fraction of sp³-hybridized carbons (Fsp3) is 1.00. The van der Waals surface area contributed by atoms with E-state index in [-0.39, 0.29) is 5.48 Å². The molecule has 2 N–H and O–H groups in total. The Morgan fingerprint density at radius 2 is 1.15 bits per heavy atom. The monoisotopic (exact) mass is 283 g/mol. The molecule has 2 fully saturated rings. The van der Waals surface area contributed by atoms with Gasteiger partial charge in [0, 0.05) is 11.1 Å². The molecule has 2 aliphatic carbocycles. The van der Waals surface area contributed by atoms with Crippen molar-refractivity contribution < 1.29 is 5.48 Å². The van der Waals surface area contributed by atoms with Crippen LogP contribution in [-0.4, -0.2) is 28.0 Å². The van der Waals surface area contributed by atoms with Crippen LogP contribution in [0.5, 0.6) is 0 Å². The van der Waals surface area contributed by atoms with Crippen LogP contribution in [0.2, 0.25) is 0 Å². The Balaban J connectivity index is 0.00000200. The van der Waals surface area contributed by atoms with Crippen molar-refractivity contribution >= 4 is 0 Å². The van der Waals surface area contributed by atoms with E-state index in [1.54, 1.807) is 0 Å². The number of hydrogen-bond donors (Lipinski definition) is 0. The lowest BCUT2D eigenvalue weighted by Crippen LogP contribution is -2.59. The molecule has 2 aliphatic rings. The molecule has 120 valence electrons. The predicted molar refractivity (Wildman–Crippen MR) is 88.2 cm³/mol. The van der Waals surface area contributed by atoms with Crippen molar-refractivity contribution in [2.75, 3.05) is 6.54 Å². The van der Waals surface area contributed by atoms with Crippen LogP contribution in [0.25, 0.3) is 0 Å². The molecule has 0 aromatic rings. The topological polar surface area (TPSA) is 34.7 Å². The summed E-state index contributed by atoms with van der Waals surface area (Å²) in [5.74, 6) is 0. The summed E-state index contributed by atoms with van der Waals surface area (Å²) in [7, 11) is 0. The van der Waals surface area contributed by atoms with E-state index in [0.29, 0.717) is 11.1 Å². The lowest BCUT2D eigenvalue weighted by molar-refractivity contribution is -0.0443. The summed E-state index contributed by atoms with van der Waals surface area (Å²) in [5, 5.41) is 0. The molecule has 0 aromatic heterocycles. The molecule has 0 bridgehead atoms. The Kier molecular flexibility index (Phi) is 7.00. The normalized spacial score (nSPS) is 25.2. The molecule has 0 aliphatic heterocycles. The summed E-state index contributed by atoms with van der Waals surface area (Å²) < 4.78 is 0. The largest absolute Gasteiger partial charge is 0.412 e. The third-order valence-corrected chi connectivity index (χ3v) is 5.90. The van der Waals surface area contributed by atoms with Gasteiger partial charge in [-0.15, -0.1) is 0 Å². The van der Waals surface area contributed by atoms with Crippen LogP contribution < -0.4 is 0 Å². The van der Waals surface area contributed by atoms with Gasteiger partial charge < -0.3 is 5.48 Å². The standard InChI is InChI=1S/C18H35N.H2O/c1-4-5-16-19(17(2)12-8-6-9-13-17)18(3)14-10-7-11-15-18;/h4-16H2,1-3H3;1H2. The van der Waals surface area contributed by atoms with E-state index in [2.05, 4.69) is 25.7 Å². The van der Waals surface area contributed by atoms with Gasteiger partial charge in [-0.3, -0.25) is 4.90 Å². The van der Waals surface area contributed by atoms with Crippen molar-refractivity contribution in [1.29, 1.82) is 0 Å². The average Bonchev–Trinajstić information content (AvgIpc) is 2.40. The van der Waals surface area contributed by atoms with Crippen LogP contribution in [0.4, 0.5) is 0 Å². The van der Waals surface area contributed by atoms with Crippen LogP contribution in [0.1, 0.15) is 97.8 Å². The van der Waals surface area contributed by atoms with Crippen molar-refractivity contribution in [3.8, 4) is 0 Å². The molecule has 0 aromatic carbocycles. The Labute approximate surface area is 126 Å². The minimum Gasteiger partial charge on any atom is -0.412 e. The first-order valence-corrected chi connectivity index (χ1v) is 8.88. The molecule has 0 atom stereocenters. The van der Waals surface area contributed by atoms with Gasteiger partial charge in [0.05, 0.1) is 0 Å². The van der Waals surface area contributed by atoms with Gasteiger partial charge in [0.2, 0.25) is 0 Å². The van der Waals surface area contributed by atoms with Crippen LogP contribution in [-0.2, 0) is 0 Å². The summed E-state index contributed by atoms with van der Waals surface area (Å²) in [6, 6.07) is 0. The van der Waals surface area contributed by atoms with Crippen molar-refractivity contribution in [2.24, 2.45) is 0 Å². The molecule has 2 heteroatoms. The summed E-state index contributed by atoms with van der Waals surface area (Å²) in [5.41, 5.74) is 0.999. The summed E-state index contributed by atoms with van der Waals surface area (Å²) in [6.45, 7) is 8.82. The summed E-state index contributed by atoms with van der Waals surface area (Å²) in [6.07, 6.45) is 17.2. The van der Waals surface area contributed by atoms with E-state index in [1.165, 1.54) is 83.6 Å². The predicted octanol–water partition coefficient (Wildman–Crippen LogP) is 4.71. The second-order valence-corrected chi connectivity index (χ2v) is 7.62. The Morgan fingerprint density at radius 3 is 1.50 bits per heavy atom. The molecule has 2 nitrogen and oxygen atoms in total. The van der Waals surface area contributed by atoms with Crippen molar-refractivity contribution in [1.82, 2.24) is 4.90 Å². The van der Waals surface area contributed by atoms with Gasteiger partial charge in [-0.05, 0) is 52.5 Å². The zero-order valence-electron chi connectivity index (χ0n) is 14.1. The van der Waals surface area contributed by atoms with Gasteiger partial charge in [-0.1, -0.05) is 51.9 Å². The van der Waals surface area contributed by atoms with Crippen LogP contribution in [0, 0.1) is 0 Å². The van der Waals surface area contributed by atoms with Crippen molar-refractivity contribution in [3.63, 3.8) is 0 Å². The molecule has 0 spiro atoms. The quantitative estimate of drug-likeness (QED) is 0.719. The minimum absolute atomic E-state index is 0. The Morgan fingerprint density at radius 1 is 0.750 bits per heavy atom. The molecule has 2 rings (SSSR count). The highest BCUT2D eigenvalue weighted by Gasteiger charge is 2.43. The first-order chi connectivity index (χ1) is 9.11. The van der Waals surface area contributed by atoms with Gasteiger partial charge in [0.1, 0.15) is 0 Å². The van der Waals surface area contributed by atoms with Crippen LogP contribution in [0.3, 0.4) is 0 Å². The van der Waals surface area contributed by atoms with Gasteiger partial charge in [0.25, 0.3) is 0 Å². The molecule has 0 amide bonds. The Bertz CT molecular complexity index is 241. The lowest BCUT2D eigenvalue weighted by Gasteiger charge is -2.55. The molecule has 0 saturated heterocycles. The van der Waals surface area contributed by atoms with E-state index in [9.17, 15) is 0 Å². The highest BCUT2D eigenvalue weighted by Crippen LogP contribution is 2.43. The SMILES string of the molecule is CCCCN(C1(C)CCCCC1)C1(C)CCCCC1.O. The van der Waals surface area contributed by atoms with E-state index in [4.69, 9.17) is 0 Å². The number of unbranched alkanes of at least 4 members (excludes halogenated alkanes) is 1. The minimum atomic E-state index is 0. The van der Waals surface area contributed by atoms with E-state index >= 15 is 0 Å². The fourth-order valence-electron chi connectivity index (χ4n) is 4.67. The zero-order valence-corrected chi connectivity index (χ0v) is 14.1. The summed E-state index contributed by atoms with van der Waals surface area (Å²) in [4.78, 5) is 2.97. The molecular formula is C18H37NO. The second kappa shape index (κ2) is 7.79. The third kappa shape index (κ3) is 3.98. The summed E-state index contributed by atoms with van der Waals surface area (Å²) >= 11 is 0. The van der Waals surface area contributed by atoms with Gasteiger partial charge in [0.15, 0.2) is 0 Å². The maximum atomic E-state index is 2.97. The number of rotatable bonds is 5. The van der Waals surface area contributed by atoms with E-state index in [0.717, 1.165) is 0 Å². The smallest absolute Gasteiger partial charge is 0.0186 e. The molecule has 0 unspecified atom stereocenters. The van der Waals surface area contributed by atoms with Gasteiger partial charge in [-0.2, -0.15) is 0 Å². The average molecular weight is 283 g/mol. The molecular weight excluding hydrogens is 246 g/mol. The number of nitrogens with zero attached hydrogens (tertiary/aromatic N) is 1. The highest BCUT2D eigenvalue weighted by atomic mass is 16.0.